The largest absolute Gasteiger partial charge is 0.311 e. The highest BCUT2D eigenvalue weighted by Gasteiger charge is 2.16. The van der Waals surface area contributed by atoms with Crippen LogP contribution in [0.5, 0.6) is 0 Å². The van der Waals surface area contributed by atoms with Crippen LogP contribution in [0.3, 0.4) is 0 Å². The van der Waals surface area contributed by atoms with Crippen LogP contribution in [0.25, 0.3) is 11.2 Å². The molecule has 0 aromatic carbocycles. The number of fused-ring (bicyclic) bond motifs is 1. The van der Waals surface area contributed by atoms with Gasteiger partial charge in [-0.15, -0.1) is 22.9 Å². The number of imidazole rings is 1. The SMILES string of the molecule is CC(Cl)c1nc2cc(Cl)cnc2n1CCc1ccc(Br)s1. The molecule has 0 bridgehead atoms. The fraction of sp³-hybridized carbons (Fsp3) is 0.286. The molecule has 1 unspecified atom stereocenters. The molecule has 0 spiro atoms. The summed E-state index contributed by atoms with van der Waals surface area (Å²) >= 11 is 17.5. The fourth-order valence-corrected chi connectivity index (χ4v) is 4.03. The van der Waals surface area contributed by atoms with Crippen LogP contribution in [0.1, 0.15) is 23.0 Å². The van der Waals surface area contributed by atoms with E-state index in [4.69, 9.17) is 23.2 Å². The second-order valence-corrected chi connectivity index (χ2v) is 8.33. The Balaban J connectivity index is 1.97. The van der Waals surface area contributed by atoms with E-state index in [1.54, 1.807) is 17.5 Å². The van der Waals surface area contributed by atoms with E-state index in [2.05, 4.69) is 42.6 Å². The second kappa shape index (κ2) is 6.24. The van der Waals surface area contributed by atoms with Crippen molar-refractivity contribution in [3.63, 3.8) is 0 Å². The van der Waals surface area contributed by atoms with Crippen LogP contribution in [0.2, 0.25) is 5.02 Å². The zero-order valence-electron chi connectivity index (χ0n) is 11.2. The van der Waals surface area contributed by atoms with Gasteiger partial charge in [-0.3, -0.25) is 0 Å². The molecule has 21 heavy (non-hydrogen) atoms. The number of pyridine rings is 1. The van der Waals surface area contributed by atoms with Crippen LogP contribution >= 0.6 is 50.5 Å². The standard InChI is InChI=1S/C14H12BrCl2N3S/c1-8(16)13-19-11-6-9(17)7-18-14(11)20(13)5-4-10-2-3-12(15)21-10/h2-3,6-8H,4-5H2,1H3. The van der Waals surface area contributed by atoms with Gasteiger partial charge >= 0.3 is 0 Å². The molecule has 0 aliphatic rings. The predicted octanol–water partition coefficient (Wildman–Crippen LogP) is 5.45. The minimum Gasteiger partial charge on any atom is -0.311 e. The predicted molar refractivity (Wildman–Crippen MR) is 92.5 cm³/mol. The summed E-state index contributed by atoms with van der Waals surface area (Å²) in [6.45, 7) is 2.72. The van der Waals surface area contributed by atoms with Gasteiger partial charge in [-0.05, 0) is 47.5 Å². The molecule has 0 radical (unpaired) electrons. The highest BCUT2D eigenvalue weighted by Crippen LogP contribution is 2.27. The Morgan fingerprint density at radius 2 is 2.24 bits per heavy atom. The Morgan fingerprint density at radius 3 is 2.90 bits per heavy atom. The fourth-order valence-electron chi connectivity index (χ4n) is 2.24. The van der Waals surface area contributed by atoms with E-state index in [1.165, 1.54) is 4.88 Å². The van der Waals surface area contributed by atoms with Gasteiger partial charge in [0.2, 0.25) is 0 Å². The molecule has 3 nitrogen and oxygen atoms in total. The van der Waals surface area contributed by atoms with Gasteiger partial charge in [-0.2, -0.15) is 0 Å². The zero-order chi connectivity index (χ0) is 15.0. The van der Waals surface area contributed by atoms with Crippen LogP contribution < -0.4 is 0 Å². The van der Waals surface area contributed by atoms with Crippen molar-refractivity contribution in [2.24, 2.45) is 0 Å². The van der Waals surface area contributed by atoms with Crippen LogP contribution in [0.15, 0.2) is 28.2 Å². The summed E-state index contributed by atoms with van der Waals surface area (Å²) in [6.07, 6.45) is 2.56. The normalized spacial score (nSPS) is 13.0. The first-order valence-corrected chi connectivity index (χ1v) is 8.87. The maximum atomic E-state index is 6.26. The van der Waals surface area contributed by atoms with Gasteiger partial charge < -0.3 is 4.57 Å². The summed E-state index contributed by atoms with van der Waals surface area (Å²) in [7, 11) is 0. The molecule has 0 N–H and O–H groups in total. The van der Waals surface area contributed by atoms with Gasteiger partial charge in [0.15, 0.2) is 5.65 Å². The Hall–Kier alpha value is -0.620. The molecule has 3 aromatic rings. The molecule has 110 valence electrons. The third-order valence-electron chi connectivity index (χ3n) is 3.15. The van der Waals surface area contributed by atoms with E-state index < -0.39 is 0 Å². The number of halogens is 3. The smallest absolute Gasteiger partial charge is 0.160 e. The summed E-state index contributed by atoms with van der Waals surface area (Å²) in [5.41, 5.74) is 1.62. The summed E-state index contributed by atoms with van der Waals surface area (Å²) in [4.78, 5) is 10.3. The van der Waals surface area contributed by atoms with Crippen molar-refractivity contribution in [1.29, 1.82) is 0 Å². The van der Waals surface area contributed by atoms with Crippen molar-refractivity contribution < 1.29 is 0 Å². The van der Waals surface area contributed by atoms with Gasteiger partial charge in [0.1, 0.15) is 11.3 Å². The van der Waals surface area contributed by atoms with Gasteiger partial charge in [0.25, 0.3) is 0 Å². The van der Waals surface area contributed by atoms with Crippen LogP contribution in [0.4, 0.5) is 0 Å². The Labute approximate surface area is 145 Å². The number of alkyl halides is 1. The third kappa shape index (κ3) is 3.26. The number of aryl methyl sites for hydroxylation is 2. The Kier molecular flexibility index (Phi) is 4.54. The van der Waals surface area contributed by atoms with Crippen LogP contribution in [-0.4, -0.2) is 14.5 Å². The van der Waals surface area contributed by atoms with E-state index in [1.807, 2.05) is 13.0 Å². The number of hydrogen-bond donors (Lipinski definition) is 0. The molecule has 1 atom stereocenters. The molecule has 0 fully saturated rings. The summed E-state index contributed by atoms with van der Waals surface area (Å²) in [5, 5.41) is 0.413. The molecule has 3 rings (SSSR count). The minimum atomic E-state index is -0.173. The van der Waals surface area contributed by atoms with Crippen molar-refractivity contribution in [2.75, 3.05) is 0 Å². The zero-order valence-corrected chi connectivity index (χ0v) is 15.1. The van der Waals surface area contributed by atoms with Crippen LogP contribution in [0, 0.1) is 0 Å². The first-order valence-electron chi connectivity index (χ1n) is 6.44. The van der Waals surface area contributed by atoms with Gasteiger partial charge in [-0.25, -0.2) is 9.97 Å². The molecule has 7 heteroatoms. The molecule has 0 amide bonds. The molecular weight excluding hydrogens is 393 g/mol. The quantitative estimate of drug-likeness (QED) is 0.541. The Morgan fingerprint density at radius 1 is 1.43 bits per heavy atom. The van der Waals surface area contributed by atoms with Crippen molar-refractivity contribution in [3.05, 3.63) is 43.9 Å². The van der Waals surface area contributed by atoms with Gasteiger partial charge in [-0.1, -0.05) is 11.6 Å². The first-order chi connectivity index (χ1) is 10.0. The lowest BCUT2D eigenvalue weighted by atomic mass is 10.3. The van der Waals surface area contributed by atoms with Crippen molar-refractivity contribution in [3.8, 4) is 0 Å². The lowest BCUT2D eigenvalue weighted by Gasteiger charge is -2.09. The Bertz CT molecular complexity index is 782. The lowest BCUT2D eigenvalue weighted by Crippen LogP contribution is -2.07. The number of aromatic nitrogens is 3. The van der Waals surface area contributed by atoms with Crippen molar-refractivity contribution in [1.82, 2.24) is 14.5 Å². The maximum Gasteiger partial charge on any atom is 0.160 e. The number of hydrogen-bond acceptors (Lipinski definition) is 3. The summed E-state index contributed by atoms with van der Waals surface area (Å²) in [5.74, 6) is 0.831. The monoisotopic (exact) mass is 403 g/mol. The van der Waals surface area contributed by atoms with E-state index in [9.17, 15) is 0 Å². The highest BCUT2D eigenvalue weighted by molar-refractivity contribution is 9.11. The lowest BCUT2D eigenvalue weighted by molar-refractivity contribution is 0.667. The molecule has 0 saturated heterocycles. The summed E-state index contributed by atoms with van der Waals surface area (Å²) < 4.78 is 3.22. The molecular formula is C14H12BrCl2N3S. The average Bonchev–Trinajstić information content (AvgIpc) is 2.99. The highest BCUT2D eigenvalue weighted by atomic mass is 79.9. The van der Waals surface area contributed by atoms with Gasteiger partial charge in [0, 0.05) is 17.6 Å². The molecule has 3 heterocycles. The first kappa shape index (κ1) is 15.3. The minimum absolute atomic E-state index is 0.173. The molecule has 3 aromatic heterocycles. The van der Waals surface area contributed by atoms with E-state index >= 15 is 0 Å². The summed E-state index contributed by atoms with van der Waals surface area (Å²) in [6, 6.07) is 6.02. The maximum absolute atomic E-state index is 6.26. The van der Waals surface area contributed by atoms with E-state index in [0.29, 0.717) is 5.02 Å². The van der Waals surface area contributed by atoms with E-state index in [0.717, 1.165) is 33.7 Å². The molecule has 0 aliphatic heterocycles. The van der Waals surface area contributed by atoms with Crippen LogP contribution in [-0.2, 0) is 13.0 Å². The molecule has 0 aliphatic carbocycles. The third-order valence-corrected chi connectivity index (χ3v) is 5.23. The topological polar surface area (TPSA) is 30.7 Å². The van der Waals surface area contributed by atoms with Gasteiger partial charge in [0.05, 0.1) is 14.2 Å². The van der Waals surface area contributed by atoms with E-state index in [-0.39, 0.29) is 5.38 Å². The number of rotatable bonds is 4. The van der Waals surface area contributed by atoms with Crippen molar-refractivity contribution in [2.45, 2.75) is 25.3 Å². The molecule has 0 saturated carbocycles. The van der Waals surface area contributed by atoms with Crippen molar-refractivity contribution >= 4 is 61.6 Å². The number of nitrogens with zero attached hydrogens (tertiary/aromatic N) is 3. The number of thiophene rings is 1. The average molecular weight is 405 g/mol. The second-order valence-electron chi connectivity index (χ2n) is 4.69.